The minimum Gasteiger partial charge on any atom is -0.548 e. The number of hydrogen-bond acceptors (Lipinski definition) is 4. The van der Waals surface area contributed by atoms with Gasteiger partial charge >= 0.3 is 25.0 Å². The Kier molecular flexibility index (Phi) is 6.92. The number of hydrogen-bond donors (Lipinski definition) is 0. The van der Waals surface area contributed by atoms with E-state index < -0.39 is 29.3 Å². The summed E-state index contributed by atoms with van der Waals surface area (Å²) in [6.45, 7) is 0. The minimum absolute atomic E-state index is 0. The summed E-state index contributed by atoms with van der Waals surface area (Å²) in [5, 5.41) is 14.0. The number of alkyl halides is 3. The molecule has 0 aliphatic carbocycles. The molecule has 0 saturated heterocycles. The molecule has 1 atom stereocenters. The fourth-order valence-electron chi connectivity index (χ4n) is 4.44. The first-order chi connectivity index (χ1) is 16.2. The van der Waals surface area contributed by atoms with Crippen LogP contribution in [0.25, 0.3) is 21.9 Å². The summed E-state index contributed by atoms with van der Waals surface area (Å²) in [4.78, 5) is 24.6. The molecule has 1 aromatic heterocycles. The van der Waals surface area contributed by atoms with Crippen molar-refractivity contribution in [2.75, 3.05) is 5.75 Å². The van der Waals surface area contributed by atoms with Crippen molar-refractivity contribution in [3.63, 3.8) is 0 Å². The van der Waals surface area contributed by atoms with Crippen LogP contribution in [-0.4, -0.2) is 16.3 Å². The van der Waals surface area contributed by atoms with E-state index in [0.717, 1.165) is 44.8 Å². The normalized spacial score (nSPS) is 15.0. The quantitative estimate of drug-likeness (QED) is 0.411. The maximum Gasteiger partial charge on any atom is 1.00 e. The Hall–Kier alpha value is -2.92. The van der Waals surface area contributed by atoms with Gasteiger partial charge in [0, 0.05) is 17.4 Å². The largest absolute Gasteiger partial charge is 1.00 e. The van der Waals surface area contributed by atoms with Gasteiger partial charge in [0.1, 0.15) is 0 Å². The van der Waals surface area contributed by atoms with Gasteiger partial charge in [-0.15, -0.1) is 11.8 Å². The summed E-state index contributed by atoms with van der Waals surface area (Å²) in [6, 6.07) is 18.6. The Morgan fingerprint density at radius 3 is 2.46 bits per heavy atom. The maximum atomic E-state index is 13.5. The van der Waals surface area contributed by atoms with Crippen molar-refractivity contribution in [1.29, 1.82) is 0 Å². The number of aliphatic carboxylic acids is 1. The molecule has 1 unspecified atom stereocenters. The van der Waals surface area contributed by atoms with Gasteiger partial charge in [-0.05, 0) is 46.0 Å². The monoisotopic (exact) mass is 487 g/mol. The van der Waals surface area contributed by atoms with Crippen molar-refractivity contribution in [1.82, 2.24) is 4.57 Å². The minimum atomic E-state index is -4.54. The zero-order valence-electron chi connectivity index (χ0n) is 18.6. The van der Waals surface area contributed by atoms with Gasteiger partial charge in [-0.2, -0.15) is 13.2 Å². The van der Waals surface area contributed by atoms with Crippen molar-refractivity contribution in [3.8, 4) is 11.1 Å². The van der Waals surface area contributed by atoms with E-state index in [1.807, 2.05) is 42.5 Å². The number of nitrogens with zero attached hydrogens (tertiary/aromatic N) is 1. The number of carbonyl (C=O) groups excluding carboxylic acids is 1. The molecule has 9 heteroatoms. The second-order valence-corrected chi connectivity index (χ2v) is 9.11. The molecular weight excluding hydrogens is 470 g/mol. The number of carboxylic acid groups (broad SMARTS) is 1. The van der Waals surface area contributed by atoms with E-state index in [4.69, 9.17) is 0 Å². The van der Waals surface area contributed by atoms with Gasteiger partial charge in [-0.25, -0.2) is 0 Å². The Bertz CT molecular complexity index is 1490. The average Bonchev–Trinajstić information content (AvgIpc) is 3.25. The Morgan fingerprint density at radius 1 is 1.00 bits per heavy atom. The van der Waals surface area contributed by atoms with E-state index >= 15 is 0 Å². The van der Waals surface area contributed by atoms with Crippen LogP contribution in [0.15, 0.2) is 82.6 Å². The first-order valence-electron chi connectivity index (χ1n) is 10.5. The number of fused-ring (bicyclic) bond motifs is 2. The number of carbonyl (C=O) groups is 1. The predicted molar refractivity (Wildman–Crippen MR) is 123 cm³/mol. The average molecular weight is 487 g/mol. The van der Waals surface area contributed by atoms with Crippen LogP contribution in [-0.2, 0) is 17.4 Å². The van der Waals surface area contributed by atoms with Gasteiger partial charge in [-0.3, -0.25) is 9.36 Å². The van der Waals surface area contributed by atoms with E-state index in [1.54, 1.807) is 6.07 Å². The van der Waals surface area contributed by atoms with Crippen molar-refractivity contribution < 1.29 is 41.9 Å². The van der Waals surface area contributed by atoms with Crippen LogP contribution in [0.2, 0.25) is 0 Å². The smallest absolute Gasteiger partial charge is 0.548 e. The predicted octanol–water partition coefficient (Wildman–Crippen LogP) is 1.68. The number of carboxylic acids is 1. The van der Waals surface area contributed by atoms with Crippen LogP contribution < -0.4 is 29.5 Å². The van der Waals surface area contributed by atoms with Crippen LogP contribution in [0.4, 0.5) is 13.2 Å². The van der Waals surface area contributed by atoms with Gasteiger partial charge in [-0.1, -0.05) is 54.6 Å². The number of benzene rings is 3. The molecule has 0 saturated carbocycles. The molecule has 172 valence electrons. The van der Waals surface area contributed by atoms with Gasteiger partial charge < -0.3 is 9.90 Å². The summed E-state index contributed by atoms with van der Waals surface area (Å²) in [5.41, 5.74) is 0.840. The Labute approximate surface area is 215 Å². The molecular formula is C26H17F3LiNO3S. The third-order valence-corrected chi connectivity index (χ3v) is 7.15. The Morgan fingerprint density at radius 2 is 1.71 bits per heavy atom. The molecule has 2 heterocycles. The van der Waals surface area contributed by atoms with E-state index in [0.29, 0.717) is 22.6 Å². The second kappa shape index (κ2) is 9.61. The third kappa shape index (κ3) is 4.66. The summed E-state index contributed by atoms with van der Waals surface area (Å²) in [7, 11) is 0. The van der Waals surface area contributed by atoms with Gasteiger partial charge in [0.2, 0.25) is 0 Å². The summed E-state index contributed by atoms with van der Waals surface area (Å²) in [5.74, 6) is -1.33. The fourth-order valence-corrected chi connectivity index (χ4v) is 5.79. The molecule has 0 N–H and O–H groups in total. The number of aromatic nitrogens is 1. The molecule has 0 bridgehead atoms. The fraction of sp³-hybridized carbons (Fsp3) is 0.154. The molecule has 0 fully saturated rings. The molecule has 5 rings (SSSR count). The molecule has 35 heavy (non-hydrogen) atoms. The number of thioether (sulfide) groups is 1. The van der Waals surface area contributed by atoms with Crippen LogP contribution in [0.3, 0.4) is 0 Å². The van der Waals surface area contributed by atoms with Crippen LogP contribution in [0, 0.1) is 0 Å². The van der Waals surface area contributed by atoms with Crippen molar-refractivity contribution in [2.24, 2.45) is 0 Å². The van der Waals surface area contributed by atoms with E-state index in [9.17, 15) is 27.9 Å². The molecule has 0 amide bonds. The molecule has 0 spiro atoms. The van der Waals surface area contributed by atoms with Crippen molar-refractivity contribution in [3.05, 3.63) is 99.8 Å². The molecule has 3 aromatic carbocycles. The van der Waals surface area contributed by atoms with Gasteiger partial charge in [0.05, 0.1) is 22.6 Å². The van der Waals surface area contributed by atoms with E-state index in [-0.39, 0.29) is 30.2 Å². The number of pyridine rings is 1. The SMILES string of the molecule is O=C([O-])C1CSc2c(-c3cccc(C(F)(F)F)c3)c(Cc3cccc4ccccc34)cc(=O)n21.[Li+]. The molecule has 1 aliphatic heterocycles. The van der Waals surface area contributed by atoms with E-state index in [2.05, 4.69) is 0 Å². The van der Waals surface area contributed by atoms with Crippen molar-refractivity contribution >= 4 is 28.5 Å². The van der Waals surface area contributed by atoms with Crippen molar-refractivity contribution in [2.45, 2.75) is 23.7 Å². The van der Waals surface area contributed by atoms with Gasteiger partial charge in [0.15, 0.2) is 0 Å². The third-order valence-electron chi connectivity index (χ3n) is 5.99. The van der Waals surface area contributed by atoms with Gasteiger partial charge in [0.25, 0.3) is 5.56 Å². The van der Waals surface area contributed by atoms with E-state index in [1.165, 1.54) is 12.1 Å². The maximum absolute atomic E-state index is 13.5. The molecule has 1 aliphatic rings. The standard InChI is InChI=1S/C26H18F3NO3S.Li/c27-26(28,29)19-9-4-8-17(12-19)23-18(11-16-7-3-6-15-5-1-2-10-20(15)16)13-22(31)30-21(25(32)33)14-34-24(23)30;/h1-10,12-13,21H,11,14H2,(H,32,33);/q;+1/p-1. The summed E-state index contributed by atoms with van der Waals surface area (Å²) < 4.78 is 41.5. The first-order valence-corrected chi connectivity index (χ1v) is 11.5. The summed E-state index contributed by atoms with van der Waals surface area (Å²) >= 11 is 1.14. The van der Waals surface area contributed by atoms with Crippen LogP contribution >= 0.6 is 11.8 Å². The molecule has 0 radical (unpaired) electrons. The second-order valence-electron chi connectivity index (χ2n) is 8.10. The molecule has 4 aromatic rings. The summed E-state index contributed by atoms with van der Waals surface area (Å²) in [6.07, 6.45) is -4.24. The number of halogens is 3. The zero-order valence-corrected chi connectivity index (χ0v) is 19.5. The molecule has 4 nitrogen and oxygen atoms in total. The number of rotatable bonds is 4. The topological polar surface area (TPSA) is 62.1 Å². The first kappa shape index (κ1) is 25.2. The Balaban J connectivity index is 0.00000289. The van der Waals surface area contributed by atoms with Crippen LogP contribution in [0.5, 0.6) is 0 Å². The zero-order chi connectivity index (χ0) is 24.0. The van der Waals surface area contributed by atoms with Crippen LogP contribution in [0.1, 0.15) is 22.7 Å².